The Balaban J connectivity index is 1.39. The molecule has 1 N–H and O–H groups in total. The van der Waals surface area contributed by atoms with E-state index in [0.717, 1.165) is 23.7 Å². The quantitative estimate of drug-likeness (QED) is 0.788. The average Bonchev–Trinajstić information content (AvgIpc) is 3.01. The summed E-state index contributed by atoms with van der Waals surface area (Å²) in [5.41, 5.74) is 1.50. The zero-order valence-corrected chi connectivity index (χ0v) is 14.6. The molecule has 3 aromatic rings. The number of nitrogens with zero attached hydrogens (tertiary/aromatic N) is 3. The molecule has 134 valence electrons. The van der Waals surface area contributed by atoms with Crippen LogP contribution in [0.25, 0.3) is 10.9 Å². The lowest BCUT2D eigenvalue weighted by Crippen LogP contribution is -2.41. The maximum absolute atomic E-state index is 12.8. The van der Waals surface area contributed by atoms with E-state index in [0.29, 0.717) is 24.4 Å². The molecule has 0 unspecified atom stereocenters. The summed E-state index contributed by atoms with van der Waals surface area (Å²) in [7, 11) is 1.87. The minimum absolute atomic E-state index is 0.0355. The number of piperidine rings is 1. The average molecular weight is 351 g/mol. The first-order valence-corrected chi connectivity index (χ1v) is 8.77. The van der Waals surface area contributed by atoms with Gasteiger partial charge in [0.1, 0.15) is 17.6 Å². The molecule has 0 bridgehead atoms. The molecule has 1 aromatic heterocycles. The van der Waals surface area contributed by atoms with Crippen molar-refractivity contribution >= 4 is 16.8 Å². The normalized spacial score (nSPS) is 15.3. The molecule has 26 heavy (non-hydrogen) atoms. The Morgan fingerprint density at radius 3 is 2.77 bits per heavy atom. The number of aromatic nitrogens is 2. The van der Waals surface area contributed by atoms with Crippen LogP contribution >= 0.6 is 0 Å². The lowest BCUT2D eigenvalue weighted by molar-refractivity contribution is 0.0595. The van der Waals surface area contributed by atoms with E-state index in [1.165, 1.54) is 0 Å². The Kier molecular flexibility index (Phi) is 4.24. The molecule has 0 spiro atoms. The van der Waals surface area contributed by atoms with Crippen LogP contribution in [-0.2, 0) is 7.05 Å². The number of hydrogen-bond acceptors (Lipinski definition) is 4. The van der Waals surface area contributed by atoms with Crippen LogP contribution in [0, 0.1) is 0 Å². The van der Waals surface area contributed by atoms with E-state index in [2.05, 4.69) is 5.10 Å². The molecule has 1 aliphatic heterocycles. The van der Waals surface area contributed by atoms with Crippen molar-refractivity contribution < 1.29 is 14.6 Å². The number of phenols is 1. The highest BCUT2D eigenvalue weighted by Gasteiger charge is 2.25. The van der Waals surface area contributed by atoms with Gasteiger partial charge in [0.2, 0.25) is 0 Å². The number of ether oxygens (including phenoxy) is 1. The summed E-state index contributed by atoms with van der Waals surface area (Å²) >= 11 is 0. The lowest BCUT2D eigenvalue weighted by Gasteiger charge is -2.32. The molecule has 1 fully saturated rings. The topological polar surface area (TPSA) is 67.6 Å². The summed E-state index contributed by atoms with van der Waals surface area (Å²) in [6.45, 7) is 1.31. The number of carbonyl (C=O) groups excluding carboxylic acids is 1. The number of phenolic OH excluding ortho intramolecular Hbond substituents is 1. The van der Waals surface area contributed by atoms with Crippen molar-refractivity contribution in [3.8, 4) is 11.5 Å². The van der Waals surface area contributed by atoms with Gasteiger partial charge in [0.15, 0.2) is 0 Å². The Bertz CT molecular complexity index is 942. The molecule has 4 rings (SSSR count). The van der Waals surface area contributed by atoms with Crippen LogP contribution in [0.5, 0.6) is 11.5 Å². The van der Waals surface area contributed by atoms with E-state index < -0.39 is 0 Å². The number of hydrogen-bond donors (Lipinski definition) is 1. The van der Waals surface area contributed by atoms with Gasteiger partial charge < -0.3 is 14.7 Å². The zero-order chi connectivity index (χ0) is 18.1. The van der Waals surface area contributed by atoms with Crippen molar-refractivity contribution in [1.82, 2.24) is 14.7 Å². The van der Waals surface area contributed by atoms with E-state index in [9.17, 15) is 9.90 Å². The third-order valence-corrected chi connectivity index (χ3v) is 4.72. The van der Waals surface area contributed by atoms with Gasteiger partial charge in [-0.3, -0.25) is 9.48 Å². The summed E-state index contributed by atoms with van der Waals surface area (Å²) in [4.78, 5) is 14.6. The summed E-state index contributed by atoms with van der Waals surface area (Å²) in [6, 6.07) is 12.5. The molecular weight excluding hydrogens is 330 g/mol. The monoisotopic (exact) mass is 351 g/mol. The molecule has 0 radical (unpaired) electrons. The zero-order valence-electron chi connectivity index (χ0n) is 14.6. The SMILES string of the molecule is Cn1cc2ccc(C(=O)N3CCC(Oc4cccc(O)c4)CC3)cc2n1. The lowest BCUT2D eigenvalue weighted by atomic mass is 10.1. The Hall–Kier alpha value is -3.02. The number of rotatable bonds is 3. The van der Waals surface area contributed by atoms with Crippen molar-refractivity contribution in [1.29, 1.82) is 0 Å². The summed E-state index contributed by atoms with van der Waals surface area (Å²) < 4.78 is 7.67. The molecule has 1 amide bonds. The largest absolute Gasteiger partial charge is 0.508 e. The Morgan fingerprint density at radius 2 is 2.00 bits per heavy atom. The Morgan fingerprint density at radius 1 is 1.19 bits per heavy atom. The van der Waals surface area contributed by atoms with Crippen molar-refractivity contribution in [2.24, 2.45) is 7.05 Å². The van der Waals surface area contributed by atoms with Gasteiger partial charge in [0.05, 0.1) is 5.52 Å². The van der Waals surface area contributed by atoms with Gasteiger partial charge in [0.25, 0.3) is 5.91 Å². The van der Waals surface area contributed by atoms with E-state index in [4.69, 9.17) is 4.74 Å². The fourth-order valence-corrected chi connectivity index (χ4v) is 3.38. The molecule has 2 aromatic carbocycles. The number of fused-ring (bicyclic) bond motifs is 1. The van der Waals surface area contributed by atoms with E-state index in [1.54, 1.807) is 22.9 Å². The number of aromatic hydroxyl groups is 1. The summed E-state index contributed by atoms with van der Waals surface area (Å²) in [5, 5.41) is 14.9. The molecular formula is C20H21N3O3. The molecule has 1 aliphatic rings. The van der Waals surface area contributed by atoms with Gasteiger partial charge in [-0.1, -0.05) is 12.1 Å². The van der Waals surface area contributed by atoms with Crippen molar-refractivity contribution in [3.05, 3.63) is 54.2 Å². The third kappa shape index (κ3) is 3.35. The smallest absolute Gasteiger partial charge is 0.253 e. The van der Waals surface area contributed by atoms with Gasteiger partial charge in [0, 0.05) is 56.2 Å². The highest BCUT2D eigenvalue weighted by molar-refractivity contribution is 5.97. The van der Waals surface area contributed by atoms with Gasteiger partial charge in [-0.05, 0) is 24.3 Å². The van der Waals surface area contributed by atoms with E-state index in [1.807, 2.05) is 42.4 Å². The molecule has 2 heterocycles. The van der Waals surface area contributed by atoms with Crippen molar-refractivity contribution in [2.75, 3.05) is 13.1 Å². The fourth-order valence-electron chi connectivity index (χ4n) is 3.38. The van der Waals surface area contributed by atoms with E-state index >= 15 is 0 Å². The molecule has 1 saturated heterocycles. The minimum atomic E-state index is 0.0355. The highest BCUT2D eigenvalue weighted by Crippen LogP contribution is 2.23. The van der Waals surface area contributed by atoms with Gasteiger partial charge in [-0.15, -0.1) is 0 Å². The second-order valence-corrected chi connectivity index (χ2v) is 6.68. The van der Waals surface area contributed by atoms with Gasteiger partial charge >= 0.3 is 0 Å². The highest BCUT2D eigenvalue weighted by atomic mass is 16.5. The Labute approximate surface area is 151 Å². The summed E-state index contributed by atoms with van der Waals surface area (Å²) in [5.74, 6) is 0.892. The second-order valence-electron chi connectivity index (χ2n) is 6.68. The van der Waals surface area contributed by atoms with E-state index in [-0.39, 0.29) is 17.8 Å². The van der Waals surface area contributed by atoms with Gasteiger partial charge in [-0.25, -0.2) is 0 Å². The number of likely N-dealkylation sites (tertiary alicyclic amines) is 1. The standard InChI is InChI=1S/C20H21N3O3/c1-22-13-15-6-5-14(11-19(15)21-22)20(25)23-9-7-17(8-10-23)26-18-4-2-3-16(24)12-18/h2-6,11-13,17,24H,7-10H2,1H3. The van der Waals surface area contributed by atoms with Crippen LogP contribution in [0.1, 0.15) is 23.2 Å². The third-order valence-electron chi connectivity index (χ3n) is 4.72. The first-order valence-electron chi connectivity index (χ1n) is 8.77. The van der Waals surface area contributed by atoms with Crippen LogP contribution in [0.2, 0.25) is 0 Å². The number of aryl methyl sites for hydroxylation is 1. The van der Waals surface area contributed by atoms with Crippen LogP contribution in [0.15, 0.2) is 48.7 Å². The van der Waals surface area contributed by atoms with Crippen LogP contribution < -0.4 is 4.74 Å². The molecule has 6 heteroatoms. The molecule has 0 aliphatic carbocycles. The predicted octanol–water partition coefficient (Wildman–Crippen LogP) is 2.96. The van der Waals surface area contributed by atoms with Crippen molar-refractivity contribution in [2.45, 2.75) is 18.9 Å². The first-order chi connectivity index (χ1) is 12.6. The van der Waals surface area contributed by atoms with Crippen LogP contribution in [0.3, 0.4) is 0 Å². The second kappa shape index (κ2) is 6.71. The molecule has 0 saturated carbocycles. The number of carbonyl (C=O) groups is 1. The number of amides is 1. The maximum atomic E-state index is 12.8. The fraction of sp³-hybridized carbons (Fsp3) is 0.300. The van der Waals surface area contributed by atoms with Crippen LogP contribution in [0.4, 0.5) is 0 Å². The molecule has 6 nitrogen and oxygen atoms in total. The maximum Gasteiger partial charge on any atom is 0.253 e. The summed E-state index contributed by atoms with van der Waals surface area (Å²) in [6.07, 6.45) is 3.54. The number of benzene rings is 2. The minimum Gasteiger partial charge on any atom is -0.508 e. The first kappa shape index (κ1) is 16.4. The molecule has 0 atom stereocenters. The van der Waals surface area contributed by atoms with Gasteiger partial charge in [-0.2, -0.15) is 5.10 Å². The van der Waals surface area contributed by atoms with Crippen molar-refractivity contribution in [3.63, 3.8) is 0 Å². The van der Waals surface area contributed by atoms with Crippen LogP contribution in [-0.4, -0.2) is 44.9 Å². The predicted molar refractivity (Wildman–Crippen MR) is 98.4 cm³/mol.